The van der Waals surface area contributed by atoms with Crippen LogP contribution in [0.4, 0.5) is 0 Å². The van der Waals surface area contributed by atoms with Gasteiger partial charge in [-0.3, -0.25) is 4.79 Å². The van der Waals surface area contributed by atoms with E-state index in [-0.39, 0.29) is 11.9 Å². The predicted molar refractivity (Wildman–Crippen MR) is 89.0 cm³/mol. The highest BCUT2D eigenvalue weighted by molar-refractivity contribution is 5.72. The minimum Gasteiger partial charge on any atom is -0.469 e. The van der Waals surface area contributed by atoms with Gasteiger partial charge in [0.25, 0.3) is 0 Å². The highest BCUT2D eigenvalue weighted by atomic mass is 16.5. The molecule has 1 aliphatic rings. The van der Waals surface area contributed by atoms with E-state index in [1.54, 1.807) is 0 Å². The molecule has 2 rings (SSSR count). The first kappa shape index (κ1) is 18.0. The van der Waals surface area contributed by atoms with E-state index >= 15 is 0 Å². The van der Waals surface area contributed by atoms with Gasteiger partial charge in [0.2, 0.25) is 0 Å². The van der Waals surface area contributed by atoms with Crippen molar-refractivity contribution in [1.82, 2.24) is 0 Å². The molecule has 0 amide bonds. The van der Waals surface area contributed by atoms with Gasteiger partial charge in [0.1, 0.15) is 0 Å². The van der Waals surface area contributed by atoms with Crippen molar-refractivity contribution in [2.75, 3.05) is 20.3 Å². The molecule has 1 aromatic carbocycles. The molecule has 1 aliphatic carbocycles. The standard InChI is InChI=1S/C19H28O4/c1-21-19(20)17-9-11-18(12-10-17)23-14-6-5-13-22-15-16-7-3-2-4-8-16/h2-4,7-8,17-18H,5-6,9-15H2,1H3/t17-,18-. The summed E-state index contributed by atoms with van der Waals surface area (Å²) in [5.41, 5.74) is 1.21. The average Bonchev–Trinajstić information content (AvgIpc) is 2.61. The number of benzene rings is 1. The van der Waals surface area contributed by atoms with E-state index in [2.05, 4.69) is 12.1 Å². The lowest BCUT2D eigenvalue weighted by Gasteiger charge is -2.26. The van der Waals surface area contributed by atoms with Gasteiger partial charge in [-0.25, -0.2) is 0 Å². The van der Waals surface area contributed by atoms with Crippen LogP contribution in [-0.2, 0) is 25.6 Å². The number of esters is 1. The molecule has 23 heavy (non-hydrogen) atoms. The lowest BCUT2D eigenvalue weighted by Crippen LogP contribution is -2.27. The lowest BCUT2D eigenvalue weighted by molar-refractivity contribution is -0.147. The molecule has 1 aromatic rings. The second-order valence-electron chi connectivity index (χ2n) is 6.11. The smallest absolute Gasteiger partial charge is 0.308 e. The summed E-state index contributed by atoms with van der Waals surface area (Å²) in [7, 11) is 1.46. The highest BCUT2D eigenvalue weighted by Crippen LogP contribution is 2.27. The predicted octanol–water partition coefficient (Wildman–Crippen LogP) is 3.73. The maximum Gasteiger partial charge on any atom is 0.308 e. The monoisotopic (exact) mass is 320 g/mol. The largest absolute Gasteiger partial charge is 0.469 e. The molecule has 0 bridgehead atoms. The van der Waals surface area contributed by atoms with Crippen LogP contribution < -0.4 is 0 Å². The zero-order valence-corrected chi connectivity index (χ0v) is 14.0. The van der Waals surface area contributed by atoms with E-state index in [4.69, 9.17) is 14.2 Å². The van der Waals surface area contributed by atoms with Gasteiger partial charge < -0.3 is 14.2 Å². The van der Waals surface area contributed by atoms with Crippen LogP contribution >= 0.6 is 0 Å². The number of ether oxygens (including phenoxy) is 3. The Morgan fingerprint density at radius 2 is 1.74 bits per heavy atom. The molecule has 128 valence electrons. The quantitative estimate of drug-likeness (QED) is 0.514. The summed E-state index contributed by atoms with van der Waals surface area (Å²) in [5.74, 6) is 0.00486. The molecule has 0 N–H and O–H groups in total. The third-order valence-electron chi connectivity index (χ3n) is 4.36. The van der Waals surface area contributed by atoms with Crippen LogP contribution in [0.1, 0.15) is 44.1 Å². The van der Waals surface area contributed by atoms with E-state index < -0.39 is 0 Å². The fraction of sp³-hybridized carbons (Fsp3) is 0.632. The number of carbonyl (C=O) groups is 1. The molecule has 1 saturated carbocycles. The molecule has 0 heterocycles. The molecule has 0 saturated heterocycles. The third-order valence-corrected chi connectivity index (χ3v) is 4.36. The SMILES string of the molecule is COC(=O)[C@H]1CC[C@H](OCCCCOCc2ccccc2)CC1. The Labute approximate surface area is 139 Å². The van der Waals surface area contributed by atoms with Gasteiger partial charge in [-0.05, 0) is 44.1 Å². The van der Waals surface area contributed by atoms with Gasteiger partial charge >= 0.3 is 5.97 Å². The van der Waals surface area contributed by atoms with Crippen LogP contribution in [0, 0.1) is 5.92 Å². The van der Waals surface area contributed by atoms with E-state index in [0.29, 0.717) is 12.7 Å². The van der Waals surface area contributed by atoms with E-state index in [0.717, 1.165) is 51.7 Å². The molecular weight excluding hydrogens is 292 g/mol. The summed E-state index contributed by atoms with van der Waals surface area (Å²) in [6.45, 7) is 2.23. The number of unbranched alkanes of at least 4 members (excludes halogenated alkanes) is 1. The zero-order valence-electron chi connectivity index (χ0n) is 14.0. The maximum atomic E-state index is 11.5. The Kier molecular flexibility index (Phi) is 8.12. The first-order valence-electron chi connectivity index (χ1n) is 8.60. The van der Waals surface area contributed by atoms with E-state index in [9.17, 15) is 4.79 Å². The van der Waals surface area contributed by atoms with Gasteiger partial charge in [-0.2, -0.15) is 0 Å². The molecule has 0 aliphatic heterocycles. The van der Waals surface area contributed by atoms with Crippen LogP contribution in [0.2, 0.25) is 0 Å². The van der Waals surface area contributed by atoms with E-state index in [1.807, 2.05) is 18.2 Å². The molecule has 0 radical (unpaired) electrons. The van der Waals surface area contributed by atoms with Crippen molar-refractivity contribution in [2.24, 2.45) is 5.92 Å². The normalized spacial score (nSPS) is 21.1. The summed E-state index contributed by atoms with van der Waals surface area (Å²) in [6.07, 6.45) is 6.04. The van der Waals surface area contributed by atoms with Crippen molar-refractivity contribution in [3.63, 3.8) is 0 Å². The first-order valence-corrected chi connectivity index (χ1v) is 8.60. The number of rotatable bonds is 9. The van der Waals surface area contributed by atoms with Crippen molar-refractivity contribution in [2.45, 2.75) is 51.2 Å². The van der Waals surface area contributed by atoms with E-state index in [1.165, 1.54) is 12.7 Å². The number of hydrogen-bond acceptors (Lipinski definition) is 4. The molecule has 0 aromatic heterocycles. The van der Waals surface area contributed by atoms with Crippen molar-refractivity contribution >= 4 is 5.97 Å². The number of hydrogen-bond donors (Lipinski definition) is 0. The summed E-state index contributed by atoms with van der Waals surface area (Å²) in [6, 6.07) is 10.2. The van der Waals surface area contributed by atoms with Gasteiger partial charge in [0.05, 0.1) is 25.7 Å². The highest BCUT2D eigenvalue weighted by Gasteiger charge is 2.26. The molecular formula is C19H28O4. The van der Waals surface area contributed by atoms with Crippen molar-refractivity contribution < 1.29 is 19.0 Å². The summed E-state index contributed by atoms with van der Waals surface area (Å²) >= 11 is 0. The summed E-state index contributed by atoms with van der Waals surface area (Å²) in [5, 5.41) is 0. The molecule has 4 heteroatoms. The first-order chi connectivity index (χ1) is 11.3. The Hall–Kier alpha value is -1.39. The van der Waals surface area contributed by atoms with Gasteiger partial charge in [-0.1, -0.05) is 30.3 Å². The van der Waals surface area contributed by atoms with Gasteiger partial charge in [0, 0.05) is 13.2 Å². The molecule has 1 fully saturated rings. The van der Waals surface area contributed by atoms with Crippen LogP contribution in [0.25, 0.3) is 0 Å². The summed E-state index contributed by atoms with van der Waals surface area (Å²) < 4.78 is 16.4. The maximum absolute atomic E-state index is 11.5. The van der Waals surface area contributed by atoms with Crippen molar-refractivity contribution in [3.05, 3.63) is 35.9 Å². The molecule has 0 unspecified atom stereocenters. The Morgan fingerprint density at radius 1 is 1.04 bits per heavy atom. The van der Waals surface area contributed by atoms with Crippen molar-refractivity contribution in [1.29, 1.82) is 0 Å². The molecule has 0 atom stereocenters. The molecule has 4 nitrogen and oxygen atoms in total. The summed E-state index contributed by atoms with van der Waals surface area (Å²) in [4.78, 5) is 11.5. The van der Waals surface area contributed by atoms with Crippen LogP contribution in [0.15, 0.2) is 30.3 Å². The van der Waals surface area contributed by atoms with Gasteiger partial charge in [0.15, 0.2) is 0 Å². The number of methoxy groups -OCH3 is 1. The lowest BCUT2D eigenvalue weighted by atomic mass is 9.87. The minimum atomic E-state index is -0.0704. The fourth-order valence-electron chi connectivity index (χ4n) is 2.95. The topological polar surface area (TPSA) is 44.8 Å². The minimum absolute atomic E-state index is 0.0704. The Morgan fingerprint density at radius 3 is 2.43 bits per heavy atom. The van der Waals surface area contributed by atoms with Gasteiger partial charge in [-0.15, -0.1) is 0 Å². The fourth-order valence-corrected chi connectivity index (χ4v) is 2.95. The number of carbonyl (C=O) groups excluding carboxylic acids is 1. The second kappa shape index (κ2) is 10.4. The second-order valence-corrected chi connectivity index (χ2v) is 6.11. The third kappa shape index (κ3) is 6.71. The van der Waals surface area contributed by atoms with Crippen LogP contribution in [0.3, 0.4) is 0 Å². The van der Waals surface area contributed by atoms with Crippen molar-refractivity contribution in [3.8, 4) is 0 Å². The average molecular weight is 320 g/mol. The van der Waals surface area contributed by atoms with Crippen LogP contribution in [-0.4, -0.2) is 32.4 Å². The zero-order chi connectivity index (χ0) is 16.3. The van der Waals surface area contributed by atoms with Crippen LogP contribution in [0.5, 0.6) is 0 Å². The molecule has 0 spiro atoms. The Balaban J connectivity index is 1.45. The Bertz CT molecular complexity index is 438.